The van der Waals surface area contributed by atoms with Crippen molar-refractivity contribution >= 4 is 35.0 Å². The summed E-state index contributed by atoms with van der Waals surface area (Å²) in [5, 5.41) is 9.89. The van der Waals surface area contributed by atoms with E-state index in [0.29, 0.717) is 53.2 Å². The molecule has 1 spiro atoms. The second-order valence-electron chi connectivity index (χ2n) is 9.06. The van der Waals surface area contributed by atoms with E-state index in [2.05, 4.69) is 0 Å². The molecule has 0 saturated heterocycles. The molecular weight excluding hydrogens is 499 g/mol. The second kappa shape index (κ2) is 10.1. The van der Waals surface area contributed by atoms with Gasteiger partial charge >= 0.3 is 0 Å². The normalized spacial score (nSPS) is 21.1. The Kier molecular flexibility index (Phi) is 6.93. The number of halogens is 2. The fraction of sp³-hybridized carbons (Fsp3) is 0.286. The van der Waals surface area contributed by atoms with Crippen molar-refractivity contribution in [2.75, 3.05) is 20.3 Å². The number of carbonyl (C=O) groups is 1. The fourth-order valence-corrected chi connectivity index (χ4v) is 5.30. The van der Waals surface area contributed by atoms with E-state index in [-0.39, 0.29) is 12.5 Å². The third-order valence-corrected chi connectivity index (χ3v) is 7.15. The number of aliphatic imine (C=N–C) groups is 1. The number of amides is 1. The Morgan fingerprint density at radius 1 is 1.11 bits per heavy atom. The molecule has 1 amide bonds. The van der Waals surface area contributed by atoms with Gasteiger partial charge in [-0.3, -0.25) is 4.79 Å². The SMILES string of the molecule is CN1Cc2ccccc2C[C@]2(N=C(c3ccc(OCCCO)cc3)O[C@@H]2c2ccc(Cl)cc2Cl)C1=O. The van der Waals surface area contributed by atoms with E-state index in [1.54, 1.807) is 30.1 Å². The average molecular weight is 525 g/mol. The first-order valence-electron chi connectivity index (χ1n) is 11.8. The topological polar surface area (TPSA) is 71.4 Å². The molecule has 5 rings (SSSR count). The fourth-order valence-electron chi connectivity index (χ4n) is 4.79. The van der Waals surface area contributed by atoms with Gasteiger partial charge in [-0.1, -0.05) is 53.5 Å². The number of likely N-dealkylation sites (N-methyl/N-ethyl adjacent to an activating group) is 1. The highest BCUT2D eigenvalue weighted by Crippen LogP contribution is 2.47. The maximum Gasteiger partial charge on any atom is 0.255 e. The highest BCUT2D eigenvalue weighted by atomic mass is 35.5. The van der Waals surface area contributed by atoms with Gasteiger partial charge in [0.2, 0.25) is 5.90 Å². The minimum atomic E-state index is -1.23. The number of aliphatic hydroxyl groups is 1. The summed E-state index contributed by atoms with van der Waals surface area (Å²) in [7, 11) is 1.79. The van der Waals surface area contributed by atoms with E-state index in [1.165, 1.54) is 0 Å². The number of rotatable bonds is 6. The summed E-state index contributed by atoms with van der Waals surface area (Å²) in [5.74, 6) is 0.916. The molecule has 0 fully saturated rings. The monoisotopic (exact) mass is 524 g/mol. The predicted octanol–water partition coefficient (Wildman–Crippen LogP) is 5.23. The van der Waals surface area contributed by atoms with E-state index < -0.39 is 11.6 Å². The molecule has 0 saturated carbocycles. The number of fused-ring (bicyclic) bond motifs is 1. The van der Waals surface area contributed by atoms with Gasteiger partial charge in [0.25, 0.3) is 5.91 Å². The van der Waals surface area contributed by atoms with Gasteiger partial charge in [-0.25, -0.2) is 4.99 Å². The quantitative estimate of drug-likeness (QED) is 0.448. The molecule has 2 heterocycles. The molecule has 2 aliphatic rings. The van der Waals surface area contributed by atoms with Crippen LogP contribution >= 0.6 is 23.2 Å². The molecule has 0 radical (unpaired) electrons. The Bertz CT molecular complexity index is 1310. The molecule has 0 aromatic heterocycles. The van der Waals surface area contributed by atoms with Crippen LogP contribution in [-0.2, 0) is 22.5 Å². The Balaban J connectivity index is 1.59. The molecule has 3 aromatic carbocycles. The van der Waals surface area contributed by atoms with Gasteiger partial charge in [0, 0.05) is 54.2 Å². The van der Waals surface area contributed by atoms with Gasteiger partial charge in [-0.05, 0) is 47.5 Å². The summed E-state index contributed by atoms with van der Waals surface area (Å²) in [6.45, 7) is 0.988. The van der Waals surface area contributed by atoms with Crippen LogP contribution in [0.5, 0.6) is 5.75 Å². The summed E-state index contributed by atoms with van der Waals surface area (Å²) in [4.78, 5) is 20.7. The molecule has 0 unspecified atom stereocenters. The summed E-state index contributed by atoms with van der Waals surface area (Å²) < 4.78 is 12.1. The van der Waals surface area contributed by atoms with E-state index in [4.69, 9.17) is 42.8 Å². The zero-order chi connectivity index (χ0) is 25.3. The standard InChI is InChI=1S/C28H26Cl2N2O4/c1-32-17-20-6-3-2-5-19(20)16-28(27(32)34)25(23-12-9-21(29)15-24(23)30)36-26(31-28)18-7-10-22(11-8-18)35-14-4-13-33/h2-3,5-12,15,25,33H,4,13-14,16-17H2,1H3/t25-,28-/m1/s1. The maximum absolute atomic E-state index is 14.0. The Labute approximate surface area is 220 Å². The van der Waals surface area contributed by atoms with Crippen LogP contribution in [0, 0.1) is 0 Å². The van der Waals surface area contributed by atoms with Crippen LogP contribution in [0.2, 0.25) is 10.0 Å². The minimum Gasteiger partial charge on any atom is -0.494 e. The predicted molar refractivity (Wildman–Crippen MR) is 140 cm³/mol. The lowest BCUT2D eigenvalue weighted by molar-refractivity contribution is -0.138. The molecule has 6 nitrogen and oxygen atoms in total. The number of carbonyl (C=O) groups excluding carboxylic acids is 1. The average Bonchev–Trinajstić information content (AvgIpc) is 3.20. The number of hydrogen-bond acceptors (Lipinski definition) is 5. The molecule has 186 valence electrons. The van der Waals surface area contributed by atoms with E-state index in [1.807, 2.05) is 48.5 Å². The molecule has 8 heteroatoms. The van der Waals surface area contributed by atoms with Crippen molar-refractivity contribution in [1.29, 1.82) is 0 Å². The third kappa shape index (κ3) is 4.57. The van der Waals surface area contributed by atoms with Crippen LogP contribution in [0.1, 0.15) is 34.8 Å². The molecule has 0 aliphatic carbocycles. The Hall–Kier alpha value is -3.06. The molecule has 2 atom stereocenters. The van der Waals surface area contributed by atoms with Gasteiger partial charge in [0.05, 0.1) is 6.61 Å². The first kappa shape index (κ1) is 24.6. The lowest BCUT2D eigenvalue weighted by Gasteiger charge is -2.32. The van der Waals surface area contributed by atoms with Gasteiger partial charge in [-0.2, -0.15) is 0 Å². The second-order valence-corrected chi connectivity index (χ2v) is 9.91. The van der Waals surface area contributed by atoms with Crippen LogP contribution in [0.4, 0.5) is 0 Å². The molecule has 3 aromatic rings. The lowest BCUT2D eigenvalue weighted by Crippen LogP contribution is -2.48. The summed E-state index contributed by atoms with van der Waals surface area (Å²) in [6.07, 6.45) is 0.196. The highest BCUT2D eigenvalue weighted by molar-refractivity contribution is 6.35. The van der Waals surface area contributed by atoms with E-state index in [9.17, 15) is 4.79 Å². The van der Waals surface area contributed by atoms with Crippen LogP contribution in [0.3, 0.4) is 0 Å². The number of aliphatic hydroxyl groups excluding tert-OH is 1. The highest BCUT2D eigenvalue weighted by Gasteiger charge is 2.56. The van der Waals surface area contributed by atoms with Crippen molar-refractivity contribution in [1.82, 2.24) is 4.90 Å². The van der Waals surface area contributed by atoms with Gasteiger partial charge < -0.3 is 19.5 Å². The van der Waals surface area contributed by atoms with Gasteiger partial charge in [0.15, 0.2) is 11.6 Å². The van der Waals surface area contributed by atoms with Crippen LogP contribution in [0.25, 0.3) is 0 Å². The van der Waals surface area contributed by atoms with E-state index in [0.717, 1.165) is 16.7 Å². The molecule has 2 aliphatic heterocycles. The van der Waals surface area contributed by atoms with Crippen molar-refractivity contribution in [3.63, 3.8) is 0 Å². The van der Waals surface area contributed by atoms with Gasteiger partial charge in [-0.15, -0.1) is 0 Å². The lowest BCUT2D eigenvalue weighted by atomic mass is 9.82. The molecule has 1 N–H and O–H groups in total. The van der Waals surface area contributed by atoms with Crippen molar-refractivity contribution in [2.45, 2.75) is 31.0 Å². The number of ether oxygens (including phenoxy) is 2. The first-order valence-corrected chi connectivity index (χ1v) is 12.5. The minimum absolute atomic E-state index is 0.0745. The first-order chi connectivity index (χ1) is 17.4. The number of nitrogens with zero attached hydrogens (tertiary/aromatic N) is 2. The van der Waals surface area contributed by atoms with Crippen LogP contribution < -0.4 is 4.74 Å². The van der Waals surface area contributed by atoms with Crippen molar-refractivity contribution in [3.8, 4) is 5.75 Å². The van der Waals surface area contributed by atoms with Crippen LogP contribution in [-0.4, -0.2) is 47.6 Å². The number of benzene rings is 3. The molecule has 36 heavy (non-hydrogen) atoms. The zero-order valence-corrected chi connectivity index (χ0v) is 21.3. The van der Waals surface area contributed by atoms with Crippen molar-refractivity contribution < 1.29 is 19.4 Å². The van der Waals surface area contributed by atoms with Crippen LogP contribution in [0.15, 0.2) is 71.7 Å². The largest absolute Gasteiger partial charge is 0.494 e. The summed E-state index contributed by atoms with van der Waals surface area (Å²) >= 11 is 12.8. The smallest absolute Gasteiger partial charge is 0.255 e. The Morgan fingerprint density at radius 2 is 1.86 bits per heavy atom. The molecule has 0 bridgehead atoms. The maximum atomic E-state index is 14.0. The molecular formula is C28H26Cl2N2O4. The third-order valence-electron chi connectivity index (χ3n) is 6.58. The van der Waals surface area contributed by atoms with Gasteiger partial charge in [0.1, 0.15) is 5.75 Å². The van der Waals surface area contributed by atoms with E-state index >= 15 is 0 Å². The Morgan fingerprint density at radius 3 is 2.58 bits per heavy atom. The zero-order valence-electron chi connectivity index (χ0n) is 19.8. The number of hydrogen-bond donors (Lipinski definition) is 1. The summed E-state index contributed by atoms with van der Waals surface area (Å²) in [5.41, 5.74) is 2.28. The van der Waals surface area contributed by atoms with Crippen molar-refractivity contribution in [2.24, 2.45) is 4.99 Å². The van der Waals surface area contributed by atoms with Crippen molar-refractivity contribution in [3.05, 3.63) is 99.0 Å². The summed E-state index contributed by atoms with van der Waals surface area (Å²) in [6, 6.07) is 20.6.